The van der Waals surface area contributed by atoms with Crippen LogP contribution in [0.15, 0.2) is 18.2 Å². The fourth-order valence-electron chi connectivity index (χ4n) is 1.22. The Morgan fingerprint density at radius 3 is 2.47 bits per heavy atom. The summed E-state index contributed by atoms with van der Waals surface area (Å²) in [5.41, 5.74) is 3.48. The smallest absolute Gasteiger partial charge is 0.329 e. The molecule has 1 aromatic rings. The molecule has 0 amide bonds. The van der Waals surface area contributed by atoms with Gasteiger partial charge in [0.15, 0.2) is 0 Å². The van der Waals surface area contributed by atoms with E-state index in [0.29, 0.717) is 6.07 Å². The molecule has 0 heterocycles. The van der Waals surface area contributed by atoms with Gasteiger partial charge in [-0.1, -0.05) is 11.6 Å². The lowest BCUT2D eigenvalue weighted by Gasteiger charge is -2.17. The van der Waals surface area contributed by atoms with Gasteiger partial charge in [0.05, 0.1) is 16.5 Å². The number of anilines is 1. The quantitative estimate of drug-likeness (QED) is 0.896. The number of hydrogen-bond acceptors (Lipinski definition) is 3. The molecule has 3 N–H and O–H groups in total. The lowest BCUT2D eigenvalue weighted by molar-refractivity contribution is -0.136. The number of sulfonamides is 1. The fraction of sp³-hybridized carbons (Fsp3) is 0.400. The molecule has 0 aliphatic rings. The number of hydrogen-bond donors (Lipinski definition) is 2. The maximum atomic E-state index is 12.8. The molecule has 1 atom stereocenters. The zero-order valence-corrected chi connectivity index (χ0v) is 11.4. The second-order valence-electron chi connectivity index (χ2n) is 3.88. The van der Waals surface area contributed by atoms with E-state index in [1.807, 2.05) is 4.72 Å². The van der Waals surface area contributed by atoms with Gasteiger partial charge in [0, 0.05) is 11.6 Å². The number of rotatable bonds is 4. The van der Waals surface area contributed by atoms with Crippen LogP contribution in [0.1, 0.15) is 12.5 Å². The summed E-state index contributed by atoms with van der Waals surface area (Å²) < 4.78 is 63.6. The highest BCUT2D eigenvalue weighted by molar-refractivity contribution is 7.93. The summed E-state index contributed by atoms with van der Waals surface area (Å²) in [4.78, 5) is 0. The van der Waals surface area contributed by atoms with E-state index in [-0.39, 0.29) is 11.6 Å². The SMILES string of the molecule is CC(CN)S(=O)(=O)Nc1ccc(Cl)cc1C(F)(F)F. The van der Waals surface area contributed by atoms with Crippen LogP contribution in [0, 0.1) is 0 Å². The zero-order chi connectivity index (χ0) is 14.8. The Kier molecular flexibility index (Phi) is 4.70. The van der Waals surface area contributed by atoms with Crippen molar-refractivity contribution in [3.63, 3.8) is 0 Å². The fourth-order valence-corrected chi connectivity index (χ4v) is 2.33. The number of alkyl halides is 3. The van der Waals surface area contributed by atoms with E-state index in [1.165, 1.54) is 13.0 Å². The summed E-state index contributed by atoms with van der Waals surface area (Å²) in [5, 5.41) is -1.15. The largest absolute Gasteiger partial charge is 0.418 e. The van der Waals surface area contributed by atoms with Crippen molar-refractivity contribution in [1.29, 1.82) is 0 Å². The molecule has 0 saturated heterocycles. The van der Waals surface area contributed by atoms with Crippen molar-refractivity contribution in [3.8, 4) is 0 Å². The highest BCUT2D eigenvalue weighted by atomic mass is 35.5. The third-order valence-electron chi connectivity index (χ3n) is 2.40. The Bertz CT molecular complexity index is 560. The summed E-state index contributed by atoms with van der Waals surface area (Å²) in [6.07, 6.45) is -4.71. The Labute approximate surface area is 113 Å². The zero-order valence-electron chi connectivity index (χ0n) is 9.83. The first-order valence-electron chi connectivity index (χ1n) is 5.16. The molecule has 0 saturated carbocycles. The molecule has 0 aromatic heterocycles. The number of nitrogens with two attached hydrogens (primary N) is 1. The number of nitrogens with one attached hydrogen (secondary N) is 1. The van der Waals surface area contributed by atoms with Crippen molar-refractivity contribution in [2.75, 3.05) is 11.3 Å². The van der Waals surface area contributed by atoms with Gasteiger partial charge in [-0.2, -0.15) is 13.2 Å². The van der Waals surface area contributed by atoms with E-state index in [9.17, 15) is 21.6 Å². The highest BCUT2D eigenvalue weighted by Gasteiger charge is 2.35. The van der Waals surface area contributed by atoms with Crippen LogP contribution in [0.3, 0.4) is 0 Å². The maximum absolute atomic E-state index is 12.8. The third-order valence-corrected chi connectivity index (χ3v) is 4.39. The van der Waals surface area contributed by atoms with Gasteiger partial charge >= 0.3 is 6.18 Å². The van der Waals surface area contributed by atoms with E-state index in [1.54, 1.807) is 0 Å². The molecule has 0 fully saturated rings. The summed E-state index contributed by atoms with van der Waals surface area (Å²) >= 11 is 5.49. The minimum Gasteiger partial charge on any atom is -0.329 e. The second kappa shape index (κ2) is 5.56. The van der Waals surface area contributed by atoms with Crippen molar-refractivity contribution in [1.82, 2.24) is 0 Å². The van der Waals surface area contributed by atoms with Gasteiger partial charge in [-0.3, -0.25) is 4.72 Å². The Morgan fingerprint density at radius 1 is 1.42 bits per heavy atom. The molecule has 1 unspecified atom stereocenters. The van der Waals surface area contributed by atoms with Crippen LogP contribution >= 0.6 is 11.6 Å². The molecular formula is C10H12ClF3N2O2S. The molecule has 1 rings (SSSR count). The minimum absolute atomic E-state index is 0.137. The lowest BCUT2D eigenvalue weighted by atomic mass is 10.2. The van der Waals surface area contributed by atoms with Crippen LogP contribution in [0.2, 0.25) is 5.02 Å². The summed E-state index contributed by atoms with van der Waals surface area (Å²) in [6.45, 7) is 1.09. The highest BCUT2D eigenvalue weighted by Crippen LogP contribution is 2.37. The van der Waals surface area contributed by atoms with Crippen molar-refractivity contribution >= 4 is 27.3 Å². The number of benzene rings is 1. The first-order chi connectivity index (χ1) is 8.58. The summed E-state index contributed by atoms with van der Waals surface area (Å²) in [6, 6.07) is 2.79. The van der Waals surface area contributed by atoms with E-state index in [0.717, 1.165) is 6.07 Å². The van der Waals surface area contributed by atoms with Crippen molar-refractivity contribution < 1.29 is 21.6 Å². The summed E-state index contributed by atoms with van der Waals surface area (Å²) in [7, 11) is -3.98. The van der Waals surface area contributed by atoms with E-state index < -0.39 is 32.7 Å². The van der Waals surface area contributed by atoms with Crippen LogP contribution in [0.5, 0.6) is 0 Å². The second-order valence-corrected chi connectivity index (χ2v) is 6.42. The average Bonchev–Trinajstić information content (AvgIpc) is 2.28. The topological polar surface area (TPSA) is 72.2 Å². The van der Waals surface area contributed by atoms with Gasteiger partial charge in [0.2, 0.25) is 10.0 Å². The van der Waals surface area contributed by atoms with E-state index in [4.69, 9.17) is 17.3 Å². The van der Waals surface area contributed by atoms with E-state index >= 15 is 0 Å². The summed E-state index contributed by atoms with van der Waals surface area (Å²) in [5.74, 6) is 0. The van der Waals surface area contributed by atoms with Gasteiger partial charge in [0.1, 0.15) is 0 Å². The molecule has 0 radical (unpaired) electrons. The molecule has 0 bridgehead atoms. The van der Waals surface area contributed by atoms with Gasteiger partial charge in [-0.15, -0.1) is 0 Å². The molecule has 0 spiro atoms. The van der Waals surface area contributed by atoms with Crippen LogP contribution < -0.4 is 10.5 Å². The van der Waals surface area contributed by atoms with Crippen molar-refractivity contribution in [2.24, 2.45) is 5.73 Å². The average molecular weight is 317 g/mol. The normalized spacial score (nSPS) is 14.2. The molecule has 108 valence electrons. The Hall–Kier alpha value is -0.990. The molecule has 9 heteroatoms. The van der Waals surface area contributed by atoms with Crippen LogP contribution in [0.25, 0.3) is 0 Å². The predicted molar refractivity (Wildman–Crippen MR) is 67.5 cm³/mol. The van der Waals surface area contributed by atoms with Gasteiger partial charge in [-0.05, 0) is 25.1 Å². The first kappa shape index (κ1) is 16.1. The molecule has 1 aromatic carbocycles. The van der Waals surface area contributed by atoms with Crippen LogP contribution in [0.4, 0.5) is 18.9 Å². The molecule has 19 heavy (non-hydrogen) atoms. The Morgan fingerprint density at radius 2 is 2.00 bits per heavy atom. The monoisotopic (exact) mass is 316 g/mol. The van der Waals surface area contributed by atoms with Gasteiger partial charge < -0.3 is 5.73 Å². The molecule has 0 aliphatic heterocycles. The molecule has 4 nitrogen and oxygen atoms in total. The minimum atomic E-state index is -4.71. The van der Waals surface area contributed by atoms with Crippen LogP contribution in [-0.2, 0) is 16.2 Å². The maximum Gasteiger partial charge on any atom is 0.418 e. The first-order valence-corrected chi connectivity index (χ1v) is 7.09. The van der Waals surface area contributed by atoms with Crippen LogP contribution in [-0.4, -0.2) is 20.2 Å². The van der Waals surface area contributed by atoms with Gasteiger partial charge in [0.25, 0.3) is 0 Å². The van der Waals surface area contributed by atoms with Crippen molar-refractivity contribution in [2.45, 2.75) is 18.3 Å². The lowest BCUT2D eigenvalue weighted by Crippen LogP contribution is -2.32. The van der Waals surface area contributed by atoms with Gasteiger partial charge in [-0.25, -0.2) is 8.42 Å². The molecule has 0 aliphatic carbocycles. The van der Waals surface area contributed by atoms with E-state index in [2.05, 4.69) is 0 Å². The standard InChI is InChI=1S/C10H12ClF3N2O2S/c1-6(5-15)19(17,18)16-9-3-2-7(11)4-8(9)10(12,13)14/h2-4,6,16H,5,15H2,1H3. The molecular weight excluding hydrogens is 305 g/mol. The third kappa shape index (κ3) is 3.99. The van der Waals surface area contributed by atoms with Crippen molar-refractivity contribution in [3.05, 3.63) is 28.8 Å². The predicted octanol–water partition coefficient (Wildman–Crippen LogP) is 2.45. The Balaban J connectivity index is 3.23. The number of halogens is 4.